The van der Waals surface area contributed by atoms with E-state index in [9.17, 15) is 9.18 Å². The lowest BCUT2D eigenvalue weighted by atomic mass is 10.0. The standard InChI is InChI=1S/C27H35FO4/c1-3-5-6-7-8-10-21-18-30-27(31-19-21)24-16-13-22(17-25(24)28)26(29)32-23-14-11-20(9-4-2)12-15-23/h11-17,21,27H,3-10,18-19H2,1-2H3. The number of benzene rings is 2. The first-order chi connectivity index (χ1) is 15.6. The highest BCUT2D eigenvalue weighted by molar-refractivity contribution is 5.91. The number of hydrogen-bond donors (Lipinski definition) is 0. The van der Waals surface area contributed by atoms with Crippen LogP contribution in [0.4, 0.5) is 4.39 Å². The number of carbonyl (C=O) groups excluding carboxylic acids is 1. The quantitative estimate of drug-likeness (QED) is 0.213. The van der Waals surface area contributed by atoms with Crippen molar-refractivity contribution in [1.82, 2.24) is 0 Å². The van der Waals surface area contributed by atoms with Crippen LogP contribution in [0.1, 0.15) is 86.6 Å². The van der Waals surface area contributed by atoms with Gasteiger partial charge in [-0.1, -0.05) is 70.6 Å². The van der Waals surface area contributed by atoms with Crippen LogP contribution in [0.5, 0.6) is 5.75 Å². The van der Waals surface area contributed by atoms with E-state index in [1.807, 2.05) is 12.1 Å². The summed E-state index contributed by atoms with van der Waals surface area (Å²) in [7, 11) is 0. The summed E-state index contributed by atoms with van der Waals surface area (Å²) in [6, 6.07) is 11.7. The van der Waals surface area contributed by atoms with Gasteiger partial charge in [0.05, 0.1) is 18.8 Å². The molecule has 1 aliphatic rings. The lowest BCUT2D eigenvalue weighted by Crippen LogP contribution is -2.27. The van der Waals surface area contributed by atoms with Gasteiger partial charge in [0.2, 0.25) is 0 Å². The molecule has 1 fully saturated rings. The van der Waals surface area contributed by atoms with Crippen molar-refractivity contribution in [3.63, 3.8) is 0 Å². The van der Waals surface area contributed by atoms with Crippen LogP contribution in [-0.4, -0.2) is 19.2 Å². The number of esters is 1. The maximum absolute atomic E-state index is 14.7. The molecule has 0 saturated carbocycles. The van der Waals surface area contributed by atoms with Gasteiger partial charge in [-0.15, -0.1) is 0 Å². The van der Waals surface area contributed by atoms with E-state index < -0.39 is 18.1 Å². The molecular weight excluding hydrogens is 407 g/mol. The van der Waals surface area contributed by atoms with Gasteiger partial charge in [0.25, 0.3) is 0 Å². The molecule has 0 N–H and O–H groups in total. The fourth-order valence-electron chi connectivity index (χ4n) is 3.95. The molecule has 0 bridgehead atoms. The number of halogens is 1. The molecule has 1 saturated heterocycles. The van der Waals surface area contributed by atoms with E-state index >= 15 is 0 Å². The largest absolute Gasteiger partial charge is 0.423 e. The summed E-state index contributed by atoms with van der Waals surface area (Å²) in [4.78, 5) is 12.4. The van der Waals surface area contributed by atoms with Crippen molar-refractivity contribution in [1.29, 1.82) is 0 Å². The average molecular weight is 443 g/mol. The Hall–Kier alpha value is -2.24. The number of hydrogen-bond acceptors (Lipinski definition) is 4. The molecule has 32 heavy (non-hydrogen) atoms. The number of ether oxygens (including phenoxy) is 3. The first-order valence-electron chi connectivity index (χ1n) is 11.9. The molecule has 0 aliphatic carbocycles. The second-order valence-corrected chi connectivity index (χ2v) is 8.59. The predicted molar refractivity (Wildman–Crippen MR) is 123 cm³/mol. The number of aryl methyl sites for hydroxylation is 1. The molecule has 4 nitrogen and oxygen atoms in total. The molecule has 2 aromatic carbocycles. The molecule has 0 aromatic heterocycles. The second kappa shape index (κ2) is 12.7. The molecule has 0 radical (unpaired) electrons. The van der Waals surface area contributed by atoms with Gasteiger partial charge < -0.3 is 14.2 Å². The van der Waals surface area contributed by atoms with E-state index in [1.54, 1.807) is 24.3 Å². The Labute approximate surface area is 191 Å². The maximum atomic E-state index is 14.7. The third-order valence-corrected chi connectivity index (χ3v) is 5.85. The Bertz CT molecular complexity index is 841. The summed E-state index contributed by atoms with van der Waals surface area (Å²) in [6.45, 7) is 5.46. The van der Waals surface area contributed by atoms with E-state index in [2.05, 4.69) is 13.8 Å². The first kappa shape index (κ1) is 24.4. The topological polar surface area (TPSA) is 44.8 Å². The van der Waals surface area contributed by atoms with E-state index in [0.717, 1.165) is 19.3 Å². The zero-order valence-electron chi connectivity index (χ0n) is 19.3. The Morgan fingerprint density at radius 1 is 0.969 bits per heavy atom. The Balaban J connectivity index is 1.50. The van der Waals surface area contributed by atoms with E-state index in [-0.39, 0.29) is 5.56 Å². The molecule has 0 unspecified atom stereocenters. The molecule has 3 rings (SSSR count). The number of unbranched alkanes of at least 4 members (excludes halogenated alkanes) is 4. The van der Waals surface area contributed by atoms with Gasteiger partial charge in [-0.05, 0) is 42.7 Å². The summed E-state index contributed by atoms with van der Waals surface area (Å²) in [5, 5.41) is 0. The van der Waals surface area contributed by atoms with Crippen molar-refractivity contribution in [3.05, 3.63) is 65.0 Å². The van der Waals surface area contributed by atoms with Crippen molar-refractivity contribution in [3.8, 4) is 5.75 Å². The van der Waals surface area contributed by atoms with Crippen molar-refractivity contribution in [2.75, 3.05) is 13.2 Å². The van der Waals surface area contributed by atoms with Gasteiger partial charge in [0.15, 0.2) is 6.29 Å². The van der Waals surface area contributed by atoms with Gasteiger partial charge >= 0.3 is 5.97 Å². The minimum absolute atomic E-state index is 0.157. The lowest BCUT2D eigenvalue weighted by Gasteiger charge is -2.30. The zero-order chi connectivity index (χ0) is 22.8. The van der Waals surface area contributed by atoms with Crippen molar-refractivity contribution in [2.45, 2.75) is 71.5 Å². The van der Waals surface area contributed by atoms with Gasteiger partial charge in [-0.3, -0.25) is 0 Å². The highest BCUT2D eigenvalue weighted by Gasteiger charge is 2.26. The monoisotopic (exact) mass is 442 g/mol. The molecular formula is C27H35FO4. The van der Waals surface area contributed by atoms with Crippen LogP contribution in [0, 0.1) is 11.7 Å². The molecule has 1 aliphatic heterocycles. The summed E-state index contributed by atoms with van der Waals surface area (Å²) in [5.41, 5.74) is 1.66. The number of carbonyl (C=O) groups is 1. The summed E-state index contributed by atoms with van der Waals surface area (Å²) in [5.74, 6) is -0.319. The summed E-state index contributed by atoms with van der Waals surface area (Å²) in [6.07, 6.45) is 8.59. The molecule has 174 valence electrons. The first-order valence-corrected chi connectivity index (χ1v) is 11.9. The summed E-state index contributed by atoms with van der Waals surface area (Å²) < 4.78 is 31.7. The van der Waals surface area contributed by atoms with Gasteiger partial charge in [0.1, 0.15) is 11.6 Å². The molecule has 5 heteroatoms. The normalized spacial score (nSPS) is 18.5. The minimum atomic E-state index is -0.734. The van der Waals surface area contributed by atoms with E-state index in [4.69, 9.17) is 14.2 Å². The highest BCUT2D eigenvalue weighted by Crippen LogP contribution is 2.29. The van der Waals surface area contributed by atoms with E-state index in [0.29, 0.717) is 30.4 Å². The van der Waals surface area contributed by atoms with E-state index in [1.165, 1.54) is 43.7 Å². The highest BCUT2D eigenvalue weighted by atomic mass is 19.1. The zero-order valence-corrected chi connectivity index (χ0v) is 19.3. The molecule has 1 heterocycles. The molecule has 2 aromatic rings. The summed E-state index contributed by atoms with van der Waals surface area (Å²) >= 11 is 0. The molecule has 0 amide bonds. The van der Waals surface area contributed by atoms with Crippen molar-refractivity contribution < 1.29 is 23.4 Å². The molecule has 0 spiro atoms. The third-order valence-electron chi connectivity index (χ3n) is 5.85. The smallest absolute Gasteiger partial charge is 0.343 e. The second-order valence-electron chi connectivity index (χ2n) is 8.59. The van der Waals surface area contributed by atoms with Crippen molar-refractivity contribution >= 4 is 5.97 Å². The average Bonchev–Trinajstić information content (AvgIpc) is 2.81. The predicted octanol–water partition coefficient (Wildman–Crippen LogP) is 7.02. The molecule has 0 atom stereocenters. The Morgan fingerprint density at radius 3 is 2.34 bits per heavy atom. The van der Waals surface area contributed by atoms with Crippen LogP contribution >= 0.6 is 0 Å². The Kier molecular flexibility index (Phi) is 9.69. The fraction of sp³-hybridized carbons (Fsp3) is 0.519. The van der Waals surface area contributed by atoms with Crippen LogP contribution in [0.2, 0.25) is 0 Å². The van der Waals surface area contributed by atoms with Crippen LogP contribution in [-0.2, 0) is 15.9 Å². The van der Waals surface area contributed by atoms with Crippen molar-refractivity contribution in [2.24, 2.45) is 5.92 Å². The SMILES string of the molecule is CCCCCCCC1COC(c2ccc(C(=O)Oc3ccc(CCC)cc3)cc2F)OC1. The van der Waals surface area contributed by atoms with Gasteiger partial charge in [0, 0.05) is 11.5 Å². The Morgan fingerprint density at radius 2 is 1.69 bits per heavy atom. The third kappa shape index (κ3) is 7.14. The fourth-order valence-corrected chi connectivity index (χ4v) is 3.95. The van der Waals surface area contributed by atoms with Crippen LogP contribution in [0.15, 0.2) is 42.5 Å². The van der Waals surface area contributed by atoms with Crippen LogP contribution in [0.3, 0.4) is 0 Å². The van der Waals surface area contributed by atoms with Crippen LogP contribution in [0.25, 0.3) is 0 Å². The lowest BCUT2D eigenvalue weighted by molar-refractivity contribution is -0.207. The number of rotatable bonds is 11. The minimum Gasteiger partial charge on any atom is -0.423 e. The van der Waals surface area contributed by atoms with Gasteiger partial charge in [-0.25, -0.2) is 9.18 Å². The van der Waals surface area contributed by atoms with Gasteiger partial charge in [-0.2, -0.15) is 0 Å². The van der Waals surface area contributed by atoms with Crippen LogP contribution < -0.4 is 4.74 Å². The maximum Gasteiger partial charge on any atom is 0.343 e.